The van der Waals surface area contributed by atoms with Crippen molar-refractivity contribution in [1.29, 1.82) is 0 Å². The van der Waals surface area contributed by atoms with Crippen LogP contribution in [-0.4, -0.2) is 44.7 Å². The number of hydrogen-bond acceptors (Lipinski definition) is 4. The summed E-state index contributed by atoms with van der Waals surface area (Å²) in [5.74, 6) is -0.857. The maximum absolute atomic E-state index is 10.3. The van der Waals surface area contributed by atoms with Crippen molar-refractivity contribution in [2.75, 3.05) is 0 Å². The molecule has 0 aliphatic rings. The summed E-state index contributed by atoms with van der Waals surface area (Å²) in [4.78, 5) is 10.3. The van der Waals surface area contributed by atoms with Gasteiger partial charge in [-0.15, -0.1) is 0 Å². The molecule has 0 aromatic rings. The Hall–Kier alpha value is -1.95. The van der Waals surface area contributed by atoms with Gasteiger partial charge in [-0.2, -0.15) is 0 Å². The molecule has 0 aliphatic heterocycles. The van der Waals surface area contributed by atoms with E-state index in [1.54, 1.807) is 42.5 Å². The van der Waals surface area contributed by atoms with Crippen molar-refractivity contribution < 1.29 is 25.2 Å². The molecule has 5 nitrogen and oxygen atoms in total. The SMILES string of the molecule is CC/C=C\C[C@H](O)[C@@H](O)/C=C/C=C/C=C\C=C\[C@@H](O)CCCC(=O)O. The summed E-state index contributed by atoms with van der Waals surface area (Å²) < 4.78 is 0. The first kappa shape index (κ1) is 23.1. The van der Waals surface area contributed by atoms with E-state index in [0.29, 0.717) is 19.3 Å². The van der Waals surface area contributed by atoms with Gasteiger partial charge in [0, 0.05) is 6.42 Å². The Morgan fingerprint density at radius 3 is 2.12 bits per heavy atom. The second-order valence-corrected chi connectivity index (χ2v) is 5.57. The van der Waals surface area contributed by atoms with Gasteiger partial charge < -0.3 is 20.4 Å². The molecule has 0 bridgehead atoms. The van der Waals surface area contributed by atoms with Gasteiger partial charge in [0.2, 0.25) is 0 Å². The zero-order valence-corrected chi connectivity index (χ0v) is 14.7. The van der Waals surface area contributed by atoms with Crippen LogP contribution in [0.2, 0.25) is 0 Å². The predicted molar refractivity (Wildman–Crippen MR) is 100 cm³/mol. The number of aliphatic hydroxyl groups excluding tert-OH is 3. The topological polar surface area (TPSA) is 98.0 Å². The lowest BCUT2D eigenvalue weighted by molar-refractivity contribution is -0.137. The summed E-state index contributed by atoms with van der Waals surface area (Å²) in [7, 11) is 0. The van der Waals surface area contributed by atoms with Gasteiger partial charge in [-0.3, -0.25) is 4.79 Å². The molecule has 140 valence electrons. The van der Waals surface area contributed by atoms with Crippen LogP contribution >= 0.6 is 0 Å². The second-order valence-electron chi connectivity index (χ2n) is 5.57. The molecule has 0 aromatic carbocycles. The van der Waals surface area contributed by atoms with Gasteiger partial charge in [-0.05, 0) is 25.7 Å². The number of rotatable bonds is 13. The number of allylic oxidation sites excluding steroid dienone is 7. The fraction of sp³-hybridized carbons (Fsp3) is 0.450. The highest BCUT2D eigenvalue weighted by Crippen LogP contribution is 2.03. The van der Waals surface area contributed by atoms with E-state index in [-0.39, 0.29) is 6.42 Å². The van der Waals surface area contributed by atoms with Crippen LogP contribution in [0.1, 0.15) is 39.0 Å². The molecular weight excluding hydrogens is 320 g/mol. The molecule has 0 rings (SSSR count). The molecule has 0 saturated heterocycles. The Bertz CT molecular complexity index is 488. The normalized spacial score (nSPS) is 16.6. The smallest absolute Gasteiger partial charge is 0.303 e. The first-order chi connectivity index (χ1) is 12.0. The van der Waals surface area contributed by atoms with E-state index in [4.69, 9.17) is 5.11 Å². The molecule has 0 spiro atoms. The van der Waals surface area contributed by atoms with Crippen molar-refractivity contribution in [2.24, 2.45) is 0 Å². The summed E-state index contributed by atoms with van der Waals surface area (Å²) in [6.07, 6.45) is 17.1. The van der Waals surface area contributed by atoms with Crippen LogP contribution in [0.4, 0.5) is 0 Å². The predicted octanol–water partition coefficient (Wildman–Crippen LogP) is 2.91. The molecule has 0 saturated carbocycles. The van der Waals surface area contributed by atoms with Gasteiger partial charge in [0.25, 0.3) is 0 Å². The highest BCUT2D eigenvalue weighted by Gasteiger charge is 2.10. The zero-order chi connectivity index (χ0) is 18.9. The molecule has 0 radical (unpaired) electrons. The molecule has 0 aliphatic carbocycles. The first-order valence-corrected chi connectivity index (χ1v) is 8.56. The maximum atomic E-state index is 10.3. The minimum atomic E-state index is -0.906. The largest absolute Gasteiger partial charge is 0.481 e. The van der Waals surface area contributed by atoms with Crippen molar-refractivity contribution in [3.8, 4) is 0 Å². The first-order valence-electron chi connectivity index (χ1n) is 8.56. The Labute approximate surface area is 150 Å². The molecule has 0 aromatic heterocycles. The van der Waals surface area contributed by atoms with Gasteiger partial charge in [0.1, 0.15) is 0 Å². The molecule has 25 heavy (non-hydrogen) atoms. The summed E-state index contributed by atoms with van der Waals surface area (Å²) in [5.41, 5.74) is 0. The molecule has 0 amide bonds. The van der Waals surface area contributed by atoms with Crippen molar-refractivity contribution in [1.82, 2.24) is 0 Å². The van der Waals surface area contributed by atoms with Gasteiger partial charge in [0.05, 0.1) is 18.3 Å². The highest BCUT2D eigenvalue weighted by atomic mass is 16.4. The molecule has 5 heteroatoms. The average molecular weight is 350 g/mol. The maximum Gasteiger partial charge on any atom is 0.303 e. The van der Waals surface area contributed by atoms with Crippen LogP contribution in [0.25, 0.3) is 0 Å². The molecule has 3 atom stereocenters. The van der Waals surface area contributed by atoms with Crippen LogP contribution in [0.3, 0.4) is 0 Å². The third-order valence-electron chi connectivity index (χ3n) is 3.26. The minimum absolute atomic E-state index is 0.0608. The lowest BCUT2D eigenvalue weighted by atomic mass is 10.1. The highest BCUT2D eigenvalue weighted by molar-refractivity contribution is 5.66. The van der Waals surface area contributed by atoms with Gasteiger partial charge in [0.15, 0.2) is 0 Å². The third-order valence-corrected chi connectivity index (χ3v) is 3.26. The van der Waals surface area contributed by atoms with Crippen LogP contribution in [0.5, 0.6) is 0 Å². The third kappa shape index (κ3) is 15.3. The quantitative estimate of drug-likeness (QED) is 0.302. The van der Waals surface area contributed by atoms with Crippen molar-refractivity contribution in [3.63, 3.8) is 0 Å². The van der Waals surface area contributed by atoms with Crippen LogP contribution in [0, 0.1) is 0 Å². The van der Waals surface area contributed by atoms with Crippen LogP contribution < -0.4 is 0 Å². The van der Waals surface area contributed by atoms with Crippen molar-refractivity contribution >= 4 is 5.97 Å². The number of carboxylic acids is 1. The van der Waals surface area contributed by atoms with E-state index in [1.807, 2.05) is 19.1 Å². The molecular formula is C20H30O5. The van der Waals surface area contributed by atoms with Gasteiger partial charge in [-0.25, -0.2) is 0 Å². The molecule has 0 unspecified atom stereocenters. The van der Waals surface area contributed by atoms with E-state index in [0.717, 1.165) is 6.42 Å². The number of hydrogen-bond donors (Lipinski definition) is 4. The molecule has 0 heterocycles. The molecule has 0 fully saturated rings. The lowest BCUT2D eigenvalue weighted by Gasteiger charge is -2.11. The number of aliphatic carboxylic acids is 1. The summed E-state index contributed by atoms with van der Waals surface area (Å²) >= 11 is 0. The molecule has 4 N–H and O–H groups in total. The number of aliphatic hydroxyl groups is 3. The van der Waals surface area contributed by atoms with Crippen molar-refractivity contribution in [3.05, 3.63) is 60.8 Å². The Morgan fingerprint density at radius 2 is 1.52 bits per heavy atom. The van der Waals surface area contributed by atoms with Gasteiger partial charge >= 0.3 is 5.97 Å². The summed E-state index contributed by atoms with van der Waals surface area (Å²) in [6.45, 7) is 2.01. The monoisotopic (exact) mass is 350 g/mol. The standard InChI is InChI=1S/C20H30O5/c1-2-3-8-14-18(22)19(23)15-10-7-5-4-6-9-12-17(21)13-11-16-20(24)25/h3-10,12,15,17-19,21-23H,2,11,13-14,16H2,1H3,(H,24,25)/b6-4-,7-5+,8-3-,12-9+,15-10+/t17-,18+,19+/m1/s1. The number of carbonyl (C=O) groups is 1. The van der Waals surface area contributed by atoms with E-state index in [9.17, 15) is 20.1 Å². The lowest BCUT2D eigenvalue weighted by Crippen LogP contribution is -2.22. The summed E-state index contributed by atoms with van der Waals surface area (Å²) in [6, 6.07) is 0. The van der Waals surface area contributed by atoms with Crippen molar-refractivity contribution in [2.45, 2.75) is 57.3 Å². The van der Waals surface area contributed by atoms with E-state index < -0.39 is 24.3 Å². The van der Waals surface area contributed by atoms with E-state index in [1.165, 1.54) is 6.08 Å². The van der Waals surface area contributed by atoms with E-state index >= 15 is 0 Å². The van der Waals surface area contributed by atoms with E-state index in [2.05, 4.69) is 0 Å². The Kier molecular flexibility index (Phi) is 14.4. The minimum Gasteiger partial charge on any atom is -0.481 e. The zero-order valence-electron chi connectivity index (χ0n) is 14.7. The Morgan fingerprint density at radius 1 is 0.920 bits per heavy atom. The average Bonchev–Trinajstić information content (AvgIpc) is 2.56. The van der Waals surface area contributed by atoms with Crippen LogP contribution in [-0.2, 0) is 4.79 Å². The fourth-order valence-electron chi connectivity index (χ4n) is 1.86. The second kappa shape index (κ2) is 15.6. The summed E-state index contributed by atoms with van der Waals surface area (Å²) in [5, 5.41) is 37.5. The Balaban J connectivity index is 4.01. The fourth-order valence-corrected chi connectivity index (χ4v) is 1.86. The number of carboxylic acid groups (broad SMARTS) is 1. The van der Waals surface area contributed by atoms with Crippen LogP contribution in [0.15, 0.2) is 60.8 Å². The van der Waals surface area contributed by atoms with Gasteiger partial charge in [-0.1, -0.05) is 67.7 Å².